The number of nitrogen functional groups attached to an aromatic ring is 1. The molecule has 1 aromatic heterocycles. The lowest BCUT2D eigenvalue weighted by Gasteiger charge is -2.28. The first-order valence-electron chi connectivity index (χ1n) is 5.63. The second-order valence-corrected chi connectivity index (χ2v) is 3.98. The van der Waals surface area contributed by atoms with E-state index in [-0.39, 0.29) is 12.6 Å². The monoisotopic (exact) mass is 240 g/mol. The van der Waals surface area contributed by atoms with Crippen LogP contribution in [-0.2, 0) is 0 Å². The molecule has 6 heteroatoms. The minimum atomic E-state index is 0.145. The van der Waals surface area contributed by atoms with Gasteiger partial charge in [0.1, 0.15) is 6.33 Å². The van der Waals surface area contributed by atoms with Gasteiger partial charge in [-0.2, -0.15) is 0 Å². The van der Waals surface area contributed by atoms with Crippen LogP contribution in [0.4, 0.5) is 11.6 Å². The van der Waals surface area contributed by atoms with Crippen molar-refractivity contribution >= 4 is 11.6 Å². The maximum atomic E-state index is 8.91. The van der Waals surface area contributed by atoms with E-state index in [9.17, 15) is 0 Å². The third kappa shape index (κ3) is 3.20. The summed E-state index contributed by atoms with van der Waals surface area (Å²) < 4.78 is 5.23. The molecular formula is C11H20N4O2. The van der Waals surface area contributed by atoms with Crippen LogP contribution in [0.5, 0.6) is 5.75 Å². The molecule has 1 aromatic rings. The number of hydrogen-bond acceptors (Lipinski definition) is 6. The molecule has 0 unspecified atom stereocenters. The first kappa shape index (κ1) is 13.5. The van der Waals surface area contributed by atoms with E-state index in [2.05, 4.69) is 23.8 Å². The lowest BCUT2D eigenvalue weighted by molar-refractivity contribution is 0.288. The summed E-state index contributed by atoms with van der Waals surface area (Å²) in [5.41, 5.74) is 5.75. The second kappa shape index (κ2) is 6.24. The molecule has 17 heavy (non-hydrogen) atoms. The van der Waals surface area contributed by atoms with Crippen LogP contribution in [0.1, 0.15) is 20.3 Å². The van der Waals surface area contributed by atoms with E-state index in [1.54, 1.807) is 7.11 Å². The molecule has 96 valence electrons. The molecule has 0 aromatic carbocycles. The first-order valence-corrected chi connectivity index (χ1v) is 5.63. The molecule has 0 spiro atoms. The fourth-order valence-corrected chi connectivity index (χ4v) is 1.63. The first-order chi connectivity index (χ1) is 8.11. The summed E-state index contributed by atoms with van der Waals surface area (Å²) in [4.78, 5) is 10.1. The highest BCUT2D eigenvalue weighted by atomic mass is 16.5. The highest BCUT2D eigenvalue weighted by molar-refractivity contribution is 5.62. The van der Waals surface area contributed by atoms with Crippen LogP contribution in [0.3, 0.4) is 0 Å². The van der Waals surface area contributed by atoms with Gasteiger partial charge in [0.05, 0.1) is 7.11 Å². The van der Waals surface area contributed by atoms with Crippen molar-refractivity contribution in [2.24, 2.45) is 0 Å². The molecular weight excluding hydrogens is 220 g/mol. The number of hydrogen-bond donors (Lipinski definition) is 2. The Bertz CT molecular complexity index is 357. The van der Waals surface area contributed by atoms with E-state index >= 15 is 0 Å². The van der Waals surface area contributed by atoms with Gasteiger partial charge in [-0.3, -0.25) is 0 Å². The predicted molar refractivity (Wildman–Crippen MR) is 67.2 cm³/mol. The van der Waals surface area contributed by atoms with Crippen LogP contribution in [0.25, 0.3) is 0 Å². The Hall–Kier alpha value is -1.56. The molecule has 6 nitrogen and oxygen atoms in total. The number of aromatic nitrogens is 2. The van der Waals surface area contributed by atoms with Gasteiger partial charge in [0.15, 0.2) is 11.6 Å². The van der Waals surface area contributed by atoms with Crippen molar-refractivity contribution in [1.82, 2.24) is 9.97 Å². The minimum Gasteiger partial charge on any atom is -0.490 e. The molecule has 1 rings (SSSR count). The second-order valence-electron chi connectivity index (χ2n) is 3.98. The van der Waals surface area contributed by atoms with Crippen molar-refractivity contribution in [3.63, 3.8) is 0 Å². The summed E-state index contributed by atoms with van der Waals surface area (Å²) in [5, 5.41) is 8.91. The van der Waals surface area contributed by atoms with Crippen molar-refractivity contribution in [2.75, 3.05) is 30.9 Å². The molecule has 0 saturated carbocycles. The van der Waals surface area contributed by atoms with Crippen molar-refractivity contribution < 1.29 is 9.84 Å². The lowest BCUT2D eigenvalue weighted by Crippen LogP contribution is -2.33. The van der Waals surface area contributed by atoms with Crippen LogP contribution in [-0.4, -0.2) is 41.4 Å². The standard InChI is InChI=1S/C11H20N4O2/c1-8(2)15(5-4-6-16)11-9(17-3)10(12)13-7-14-11/h7-8,16H,4-6H2,1-3H3,(H2,12,13,14). The molecule has 0 bridgehead atoms. The molecule has 0 radical (unpaired) electrons. The van der Waals surface area contributed by atoms with E-state index in [0.717, 1.165) is 0 Å². The zero-order valence-electron chi connectivity index (χ0n) is 10.6. The van der Waals surface area contributed by atoms with E-state index in [4.69, 9.17) is 15.6 Å². The third-order valence-electron chi connectivity index (χ3n) is 2.47. The molecule has 3 N–H and O–H groups in total. The third-order valence-corrected chi connectivity index (χ3v) is 2.47. The van der Waals surface area contributed by atoms with Gasteiger partial charge in [-0.05, 0) is 20.3 Å². The zero-order valence-corrected chi connectivity index (χ0v) is 10.6. The van der Waals surface area contributed by atoms with Gasteiger partial charge in [0, 0.05) is 19.2 Å². The summed E-state index contributed by atoms with van der Waals surface area (Å²) in [7, 11) is 1.54. The Labute approximate surface area is 101 Å². The number of aliphatic hydroxyl groups excluding tert-OH is 1. The summed E-state index contributed by atoms with van der Waals surface area (Å²) in [6, 6.07) is 0.241. The molecule has 0 atom stereocenters. The van der Waals surface area contributed by atoms with Crippen molar-refractivity contribution in [2.45, 2.75) is 26.3 Å². The fraction of sp³-hybridized carbons (Fsp3) is 0.636. The Morgan fingerprint density at radius 2 is 2.18 bits per heavy atom. The number of aliphatic hydroxyl groups is 1. The highest BCUT2D eigenvalue weighted by Crippen LogP contribution is 2.30. The largest absolute Gasteiger partial charge is 0.490 e. The maximum Gasteiger partial charge on any atom is 0.204 e. The van der Waals surface area contributed by atoms with Crippen molar-refractivity contribution in [1.29, 1.82) is 0 Å². The van der Waals surface area contributed by atoms with Crippen molar-refractivity contribution in [3.8, 4) is 5.75 Å². The number of anilines is 2. The van der Waals surface area contributed by atoms with Gasteiger partial charge in [-0.1, -0.05) is 0 Å². The Morgan fingerprint density at radius 1 is 1.47 bits per heavy atom. The topological polar surface area (TPSA) is 84.5 Å². The van der Waals surface area contributed by atoms with Crippen molar-refractivity contribution in [3.05, 3.63) is 6.33 Å². The molecule has 1 heterocycles. The summed E-state index contributed by atoms with van der Waals surface area (Å²) in [6.07, 6.45) is 2.09. The number of rotatable bonds is 6. The summed E-state index contributed by atoms with van der Waals surface area (Å²) >= 11 is 0. The Morgan fingerprint density at radius 3 is 2.71 bits per heavy atom. The van der Waals surface area contributed by atoms with Crippen LogP contribution in [0.2, 0.25) is 0 Å². The normalized spacial score (nSPS) is 10.6. The lowest BCUT2D eigenvalue weighted by atomic mass is 10.2. The van der Waals surface area contributed by atoms with Gasteiger partial charge in [0.2, 0.25) is 5.75 Å². The van der Waals surface area contributed by atoms with Gasteiger partial charge in [0.25, 0.3) is 0 Å². The average Bonchev–Trinajstić information content (AvgIpc) is 2.29. The van der Waals surface area contributed by atoms with Gasteiger partial charge < -0.3 is 20.5 Å². The van der Waals surface area contributed by atoms with Gasteiger partial charge in [-0.25, -0.2) is 9.97 Å². The van der Waals surface area contributed by atoms with E-state index in [1.807, 2.05) is 4.90 Å². The quantitative estimate of drug-likeness (QED) is 0.760. The number of nitrogens with two attached hydrogens (primary N) is 1. The van der Waals surface area contributed by atoms with E-state index in [1.165, 1.54) is 6.33 Å². The Kier molecular flexibility index (Phi) is 4.96. The zero-order chi connectivity index (χ0) is 12.8. The molecule has 0 aliphatic heterocycles. The van der Waals surface area contributed by atoms with Gasteiger partial charge >= 0.3 is 0 Å². The fourth-order valence-electron chi connectivity index (χ4n) is 1.63. The maximum absolute atomic E-state index is 8.91. The number of nitrogens with zero attached hydrogens (tertiary/aromatic N) is 3. The summed E-state index contributed by atoms with van der Waals surface area (Å²) in [5.74, 6) is 1.48. The predicted octanol–water partition coefficient (Wildman–Crippen LogP) is 0.665. The van der Waals surface area contributed by atoms with Crippen LogP contribution < -0.4 is 15.4 Å². The number of methoxy groups -OCH3 is 1. The van der Waals surface area contributed by atoms with E-state index in [0.29, 0.717) is 30.4 Å². The molecule has 0 saturated heterocycles. The average molecular weight is 240 g/mol. The molecule has 0 fully saturated rings. The van der Waals surface area contributed by atoms with Crippen LogP contribution in [0.15, 0.2) is 6.33 Å². The van der Waals surface area contributed by atoms with E-state index < -0.39 is 0 Å². The highest BCUT2D eigenvalue weighted by Gasteiger charge is 2.18. The summed E-state index contributed by atoms with van der Waals surface area (Å²) in [6.45, 7) is 4.94. The number of ether oxygens (including phenoxy) is 1. The van der Waals surface area contributed by atoms with Crippen LogP contribution >= 0.6 is 0 Å². The minimum absolute atomic E-state index is 0.145. The Balaban J connectivity index is 3.04. The smallest absolute Gasteiger partial charge is 0.204 e. The molecule has 0 aliphatic rings. The molecule has 0 amide bonds. The van der Waals surface area contributed by atoms with Crippen LogP contribution in [0, 0.1) is 0 Å². The van der Waals surface area contributed by atoms with Gasteiger partial charge in [-0.15, -0.1) is 0 Å². The SMILES string of the molecule is COc1c(N)ncnc1N(CCCO)C(C)C. The molecule has 0 aliphatic carbocycles.